The molecule has 1 amide bonds. The van der Waals surface area contributed by atoms with Crippen LogP contribution in [0.1, 0.15) is 43.4 Å². The van der Waals surface area contributed by atoms with E-state index >= 15 is 0 Å². The van der Waals surface area contributed by atoms with Gasteiger partial charge in [-0.05, 0) is 50.4 Å². The van der Waals surface area contributed by atoms with Gasteiger partial charge < -0.3 is 10.2 Å². The van der Waals surface area contributed by atoms with Crippen LogP contribution < -0.4 is 5.32 Å². The molecule has 3 nitrogen and oxygen atoms in total. The van der Waals surface area contributed by atoms with Crippen molar-refractivity contribution in [1.29, 1.82) is 0 Å². The van der Waals surface area contributed by atoms with Crippen LogP contribution in [0.25, 0.3) is 0 Å². The van der Waals surface area contributed by atoms with E-state index in [2.05, 4.69) is 5.32 Å². The first-order valence-corrected chi connectivity index (χ1v) is 8.08. The summed E-state index contributed by atoms with van der Waals surface area (Å²) in [6, 6.07) is 5.17. The number of nitrogens with zero attached hydrogens (tertiary/aromatic N) is 1. The first-order valence-electron chi connectivity index (χ1n) is 8.08. The maximum absolute atomic E-state index is 12.9. The van der Waals surface area contributed by atoms with Gasteiger partial charge in [-0.25, -0.2) is 0 Å². The standard InChI is InChI=1S/C17H21F3N2O.ClH/c1-11(12-3-2-4-14(9-12)17(18,19)20)22(15-5-6-15)16(23)13-7-8-21-10-13;/h2-4,9,11,13,15,21H,5-8,10H2,1H3;1H. The molecule has 1 aromatic rings. The molecular formula is C17H22ClF3N2O. The topological polar surface area (TPSA) is 32.3 Å². The number of halogens is 4. The second kappa shape index (κ2) is 7.31. The van der Waals surface area contributed by atoms with Gasteiger partial charge in [-0.1, -0.05) is 12.1 Å². The molecule has 0 spiro atoms. The van der Waals surface area contributed by atoms with Crippen molar-refractivity contribution in [2.45, 2.75) is 44.4 Å². The Morgan fingerprint density at radius 3 is 2.54 bits per heavy atom. The summed E-state index contributed by atoms with van der Waals surface area (Å²) in [5, 5.41) is 3.18. The van der Waals surface area contributed by atoms with E-state index in [-0.39, 0.29) is 36.3 Å². The summed E-state index contributed by atoms with van der Waals surface area (Å²) in [6.45, 7) is 3.32. The van der Waals surface area contributed by atoms with Gasteiger partial charge in [0.05, 0.1) is 17.5 Å². The van der Waals surface area contributed by atoms with Crippen LogP contribution in [0.2, 0.25) is 0 Å². The molecule has 2 atom stereocenters. The highest BCUT2D eigenvalue weighted by atomic mass is 35.5. The van der Waals surface area contributed by atoms with Crippen LogP contribution in [-0.4, -0.2) is 29.9 Å². The number of alkyl halides is 3. The quantitative estimate of drug-likeness (QED) is 0.883. The summed E-state index contributed by atoms with van der Waals surface area (Å²) in [6.07, 6.45) is -1.68. The van der Waals surface area contributed by atoms with Gasteiger partial charge in [0.2, 0.25) is 5.91 Å². The molecule has 1 aliphatic heterocycles. The van der Waals surface area contributed by atoms with Crippen molar-refractivity contribution in [1.82, 2.24) is 10.2 Å². The van der Waals surface area contributed by atoms with Crippen LogP contribution in [0.3, 0.4) is 0 Å². The SMILES string of the molecule is CC(c1cccc(C(F)(F)F)c1)N(C(=O)C1CCNC1)C1CC1.Cl. The molecule has 1 N–H and O–H groups in total. The van der Waals surface area contributed by atoms with Crippen LogP contribution in [-0.2, 0) is 11.0 Å². The zero-order valence-electron chi connectivity index (χ0n) is 13.5. The van der Waals surface area contributed by atoms with E-state index in [1.807, 2.05) is 11.8 Å². The normalized spacial score (nSPS) is 21.9. The minimum Gasteiger partial charge on any atom is -0.333 e. The Morgan fingerprint density at radius 1 is 1.29 bits per heavy atom. The third-order valence-electron chi connectivity index (χ3n) is 4.72. The number of hydrogen-bond donors (Lipinski definition) is 1. The van der Waals surface area contributed by atoms with Gasteiger partial charge in [0.1, 0.15) is 0 Å². The minimum atomic E-state index is -4.36. The summed E-state index contributed by atoms with van der Waals surface area (Å²) in [4.78, 5) is 14.6. The molecule has 0 radical (unpaired) electrons. The van der Waals surface area contributed by atoms with Crippen molar-refractivity contribution in [2.75, 3.05) is 13.1 Å². The molecule has 134 valence electrons. The van der Waals surface area contributed by atoms with Crippen LogP contribution in [0.4, 0.5) is 13.2 Å². The summed E-state index contributed by atoms with van der Waals surface area (Å²) in [7, 11) is 0. The predicted octanol–water partition coefficient (Wildman–Crippen LogP) is 3.79. The lowest BCUT2D eigenvalue weighted by Gasteiger charge is -2.32. The van der Waals surface area contributed by atoms with Gasteiger partial charge in [0.25, 0.3) is 0 Å². The average Bonchev–Trinajstić information content (AvgIpc) is 3.18. The van der Waals surface area contributed by atoms with Crippen molar-refractivity contribution in [3.05, 3.63) is 35.4 Å². The Hall–Kier alpha value is -1.27. The van der Waals surface area contributed by atoms with E-state index in [1.165, 1.54) is 12.1 Å². The first kappa shape index (κ1) is 19.1. The lowest BCUT2D eigenvalue weighted by atomic mass is 10.0. The van der Waals surface area contributed by atoms with Gasteiger partial charge in [0, 0.05) is 12.6 Å². The van der Waals surface area contributed by atoms with Gasteiger partial charge in [0.15, 0.2) is 0 Å². The van der Waals surface area contributed by atoms with E-state index in [4.69, 9.17) is 0 Å². The molecule has 2 fully saturated rings. The Labute approximate surface area is 146 Å². The van der Waals surface area contributed by atoms with E-state index in [1.54, 1.807) is 6.07 Å². The number of nitrogens with one attached hydrogen (secondary N) is 1. The summed E-state index contributed by atoms with van der Waals surface area (Å²) >= 11 is 0. The first-order chi connectivity index (χ1) is 10.9. The fourth-order valence-corrected chi connectivity index (χ4v) is 3.25. The van der Waals surface area contributed by atoms with Crippen molar-refractivity contribution >= 4 is 18.3 Å². The number of amides is 1. The zero-order valence-corrected chi connectivity index (χ0v) is 14.3. The minimum absolute atomic E-state index is 0. The summed E-state index contributed by atoms with van der Waals surface area (Å²) < 4.78 is 38.8. The van der Waals surface area contributed by atoms with Gasteiger partial charge in [-0.2, -0.15) is 13.2 Å². The highest BCUT2D eigenvalue weighted by Crippen LogP contribution is 2.38. The second-order valence-electron chi connectivity index (χ2n) is 6.47. The average molecular weight is 363 g/mol. The second-order valence-corrected chi connectivity index (χ2v) is 6.47. The molecule has 1 aliphatic carbocycles. The molecular weight excluding hydrogens is 341 g/mol. The van der Waals surface area contributed by atoms with Gasteiger partial charge >= 0.3 is 6.18 Å². The molecule has 1 aromatic carbocycles. The Balaban J connectivity index is 0.00000208. The molecule has 2 unspecified atom stereocenters. The van der Waals surface area contributed by atoms with Gasteiger partial charge in [-0.3, -0.25) is 4.79 Å². The summed E-state index contributed by atoms with van der Waals surface area (Å²) in [5.74, 6) is 0.0197. The number of hydrogen-bond acceptors (Lipinski definition) is 2. The van der Waals surface area contributed by atoms with Crippen molar-refractivity contribution in [3.63, 3.8) is 0 Å². The lowest BCUT2D eigenvalue weighted by molar-refractivity contribution is -0.137. The molecule has 0 aromatic heterocycles. The number of carbonyl (C=O) groups is 1. The molecule has 7 heteroatoms. The molecule has 2 aliphatic rings. The maximum atomic E-state index is 12.9. The zero-order chi connectivity index (χ0) is 16.6. The van der Waals surface area contributed by atoms with Crippen LogP contribution >= 0.6 is 12.4 Å². The molecule has 3 rings (SSSR count). The smallest absolute Gasteiger partial charge is 0.333 e. The Kier molecular flexibility index (Phi) is 5.81. The molecule has 1 saturated heterocycles. The van der Waals surface area contributed by atoms with E-state index in [0.717, 1.165) is 31.9 Å². The summed E-state index contributed by atoms with van der Waals surface area (Å²) in [5.41, 5.74) is -0.112. The monoisotopic (exact) mass is 362 g/mol. The van der Waals surface area contributed by atoms with E-state index in [0.29, 0.717) is 12.1 Å². The highest BCUT2D eigenvalue weighted by Gasteiger charge is 2.40. The van der Waals surface area contributed by atoms with Crippen molar-refractivity contribution in [2.24, 2.45) is 5.92 Å². The fraction of sp³-hybridized carbons (Fsp3) is 0.588. The van der Waals surface area contributed by atoms with Crippen molar-refractivity contribution < 1.29 is 18.0 Å². The van der Waals surface area contributed by atoms with Gasteiger partial charge in [-0.15, -0.1) is 12.4 Å². The predicted molar refractivity (Wildman–Crippen MR) is 88.0 cm³/mol. The van der Waals surface area contributed by atoms with Crippen LogP contribution in [0.15, 0.2) is 24.3 Å². The third-order valence-corrected chi connectivity index (χ3v) is 4.72. The number of rotatable bonds is 4. The number of carbonyl (C=O) groups excluding carboxylic acids is 1. The molecule has 24 heavy (non-hydrogen) atoms. The van der Waals surface area contributed by atoms with Crippen LogP contribution in [0, 0.1) is 5.92 Å². The molecule has 0 bridgehead atoms. The Bertz CT molecular complexity index is 583. The Morgan fingerprint density at radius 2 is 2.00 bits per heavy atom. The largest absolute Gasteiger partial charge is 0.416 e. The molecule has 1 heterocycles. The molecule has 1 saturated carbocycles. The number of benzene rings is 1. The third kappa shape index (κ3) is 4.03. The highest BCUT2D eigenvalue weighted by molar-refractivity contribution is 5.85. The van der Waals surface area contributed by atoms with E-state index in [9.17, 15) is 18.0 Å². The van der Waals surface area contributed by atoms with Crippen LogP contribution in [0.5, 0.6) is 0 Å². The lowest BCUT2D eigenvalue weighted by Crippen LogP contribution is -2.40. The van der Waals surface area contributed by atoms with E-state index < -0.39 is 11.7 Å². The maximum Gasteiger partial charge on any atom is 0.416 e. The fourth-order valence-electron chi connectivity index (χ4n) is 3.25. The van der Waals surface area contributed by atoms with Crippen molar-refractivity contribution in [3.8, 4) is 0 Å².